The average molecular weight is 325 g/mol. The van der Waals surface area contributed by atoms with Gasteiger partial charge in [0.05, 0.1) is 19.6 Å². The molecule has 132 valence electrons. The quantitative estimate of drug-likeness (QED) is 0.644. The SMILES string of the molecule is COC(=O)CCN(CC1CCCO1)C(=O)CCC1CCCCC1. The molecule has 5 heteroatoms. The highest BCUT2D eigenvalue weighted by Gasteiger charge is 2.24. The second kappa shape index (κ2) is 9.91. The van der Waals surface area contributed by atoms with E-state index < -0.39 is 0 Å². The summed E-state index contributed by atoms with van der Waals surface area (Å²) in [6.07, 6.45) is 10.5. The summed E-state index contributed by atoms with van der Waals surface area (Å²) in [5.41, 5.74) is 0. The van der Waals surface area contributed by atoms with Crippen molar-refractivity contribution in [2.24, 2.45) is 5.92 Å². The standard InChI is InChI=1S/C18H31NO4/c1-22-18(21)11-12-19(14-16-8-5-13-23-16)17(20)10-9-15-6-3-2-4-7-15/h15-16H,2-14H2,1H3. The van der Waals surface area contributed by atoms with E-state index in [0.29, 0.717) is 25.4 Å². The first-order valence-corrected chi connectivity index (χ1v) is 9.15. The summed E-state index contributed by atoms with van der Waals surface area (Å²) in [7, 11) is 1.39. The predicted octanol–water partition coefficient (Wildman–Crippen LogP) is 2.92. The van der Waals surface area contributed by atoms with E-state index >= 15 is 0 Å². The van der Waals surface area contributed by atoms with Gasteiger partial charge < -0.3 is 14.4 Å². The van der Waals surface area contributed by atoms with Gasteiger partial charge in [-0.3, -0.25) is 9.59 Å². The van der Waals surface area contributed by atoms with E-state index in [2.05, 4.69) is 0 Å². The fourth-order valence-electron chi connectivity index (χ4n) is 3.64. The fourth-order valence-corrected chi connectivity index (χ4v) is 3.64. The molecule has 1 saturated heterocycles. The van der Waals surface area contributed by atoms with Crippen molar-refractivity contribution in [2.75, 3.05) is 26.8 Å². The Morgan fingerprint density at radius 2 is 1.87 bits per heavy atom. The van der Waals surface area contributed by atoms with Crippen molar-refractivity contribution in [2.45, 2.75) is 70.3 Å². The monoisotopic (exact) mass is 325 g/mol. The number of hydrogen-bond acceptors (Lipinski definition) is 4. The third kappa shape index (κ3) is 6.50. The zero-order valence-corrected chi connectivity index (χ0v) is 14.4. The number of nitrogens with zero attached hydrogens (tertiary/aromatic N) is 1. The Hall–Kier alpha value is -1.10. The van der Waals surface area contributed by atoms with Gasteiger partial charge >= 0.3 is 5.97 Å². The van der Waals surface area contributed by atoms with Crippen molar-refractivity contribution in [3.63, 3.8) is 0 Å². The maximum absolute atomic E-state index is 12.6. The summed E-state index contributed by atoms with van der Waals surface area (Å²) in [4.78, 5) is 25.8. The van der Waals surface area contributed by atoms with Crippen molar-refractivity contribution < 1.29 is 19.1 Å². The first-order valence-electron chi connectivity index (χ1n) is 9.15. The smallest absolute Gasteiger partial charge is 0.307 e. The summed E-state index contributed by atoms with van der Waals surface area (Å²) >= 11 is 0. The van der Waals surface area contributed by atoms with Crippen LogP contribution in [-0.2, 0) is 19.1 Å². The molecule has 1 aliphatic carbocycles. The van der Waals surface area contributed by atoms with Crippen molar-refractivity contribution >= 4 is 11.9 Å². The van der Waals surface area contributed by atoms with Gasteiger partial charge in [-0.05, 0) is 25.2 Å². The molecular weight excluding hydrogens is 294 g/mol. The summed E-state index contributed by atoms with van der Waals surface area (Å²) in [5.74, 6) is 0.607. The molecule has 1 saturated carbocycles. The van der Waals surface area contributed by atoms with E-state index in [4.69, 9.17) is 9.47 Å². The largest absolute Gasteiger partial charge is 0.469 e. The summed E-state index contributed by atoms with van der Waals surface area (Å²) in [6, 6.07) is 0. The maximum atomic E-state index is 12.6. The van der Waals surface area contributed by atoms with Gasteiger partial charge in [0.25, 0.3) is 0 Å². The van der Waals surface area contributed by atoms with Crippen LogP contribution < -0.4 is 0 Å². The van der Waals surface area contributed by atoms with Crippen LogP contribution in [-0.4, -0.2) is 49.7 Å². The van der Waals surface area contributed by atoms with Crippen molar-refractivity contribution in [3.8, 4) is 0 Å². The first kappa shape index (κ1) is 18.2. The van der Waals surface area contributed by atoms with Gasteiger partial charge in [-0.1, -0.05) is 32.1 Å². The van der Waals surface area contributed by atoms with Gasteiger partial charge in [0.1, 0.15) is 0 Å². The highest BCUT2D eigenvalue weighted by atomic mass is 16.5. The average Bonchev–Trinajstić information content (AvgIpc) is 3.10. The van der Waals surface area contributed by atoms with Gasteiger partial charge in [0, 0.05) is 26.1 Å². The molecule has 0 bridgehead atoms. The van der Waals surface area contributed by atoms with Gasteiger partial charge in [-0.2, -0.15) is 0 Å². The highest BCUT2D eigenvalue weighted by molar-refractivity contribution is 5.77. The third-order valence-electron chi connectivity index (χ3n) is 5.11. The molecule has 1 atom stereocenters. The van der Waals surface area contributed by atoms with E-state index in [1.165, 1.54) is 39.2 Å². The van der Waals surface area contributed by atoms with E-state index in [1.54, 1.807) is 0 Å². The van der Waals surface area contributed by atoms with E-state index in [-0.39, 0.29) is 24.4 Å². The lowest BCUT2D eigenvalue weighted by molar-refractivity contribution is -0.142. The lowest BCUT2D eigenvalue weighted by atomic mass is 9.86. The molecule has 1 unspecified atom stereocenters. The Bertz CT molecular complexity index is 373. The number of rotatable bonds is 8. The van der Waals surface area contributed by atoms with Crippen molar-refractivity contribution in [3.05, 3.63) is 0 Å². The van der Waals surface area contributed by atoms with E-state index in [0.717, 1.165) is 25.9 Å². The Balaban J connectivity index is 1.80. The lowest BCUT2D eigenvalue weighted by Crippen LogP contribution is -2.39. The highest BCUT2D eigenvalue weighted by Crippen LogP contribution is 2.27. The van der Waals surface area contributed by atoms with Crippen LogP contribution in [0.25, 0.3) is 0 Å². The minimum atomic E-state index is -0.262. The summed E-state index contributed by atoms with van der Waals surface area (Å²) in [6.45, 7) is 1.84. The lowest BCUT2D eigenvalue weighted by Gasteiger charge is -2.27. The predicted molar refractivity (Wildman–Crippen MR) is 88.0 cm³/mol. The molecular formula is C18H31NO4. The van der Waals surface area contributed by atoms with Crippen LogP contribution in [0.15, 0.2) is 0 Å². The molecule has 0 radical (unpaired) electrons. The molecule has 1 heterocycles. The van der Waals surface area contributed by atoms with Crippen molar-refractivity contribution in [1.82, 2.24) is 4.90 Å². The van der Waals surface area contributed by atoms with Crippen LogP contribution in [0.4, 0.5) is 0 Å². The van der Waals surface area contributed by atoms with Crippen LogP contribution in [0.5, 0.6) is 0 Å². The zero-order chi connectivity index (χ0) is 16.5. The number of amides is 1. The number of methoxy groups -OCH3 is 1. The second-order valence-corrected chi connectivity index (χ2v) is 6.84. The van der Waals surface area contributed by atoms with Gasteiger partial charge in [0.15, 0.2) is 0 Å². The number of ether oxygens (including phenoxy) is 2. The molecule has 2 aliphatic rings. The van der Waals surface area contributed by atoms with Crippen molar-refractivity contribution in [1.29, 1.82) is 0 Å². The summed E-state index contributed by atoms with van der Waals surface area (Å²) < 4.78 is 10.3. The molecule has 2 rings (SSSR count). The topological polar surface area (TPSA) is 55.8 Å². The minimum absolute atomic E-state index is 0.131. The molecule has 2 fully saturated rings. The fraction of sp³-hybridized carbons (Fsp3) is 0.889. The molecule has 1 amide bonds. The molecule has 23 heavy (non-hydrogen) atoms. The summed E-state index contributed by atoms with van der Waals surface area (Å²) in [5, 5.41) is 0. The molecule has 0 N–H and O–H groups in total. The van der Waals surface area contributed by atoms with E-state index in [9.17, 15) is 9.59 Å². The Morgan fingerprint density at radius 3 is 2.52 bits per heavy atom. The molecule has 0 aromatic rings. The molecule has 0 aromatic heterocycles. The second-order valence-electron chi connectivity index (χ2n) is 6.84. The van der Waals surface area contributed by atoms with Crippen LogP contribution in [0.2, 0.25) is 0 Å². The number of esters is 1. The molecule has 0 spiro atoms. The maximum Gasteiger partial charge on any atom is 0.307 e. The molecule has 5 nitrogen and oxygen atoms in total. The Morgan fingerprint density at radius 1 is 1.09 bits per heavy atom. The number of carbonyl (C=O) groups is 2. The Labute approximate surface area is 139 Å². The van der Waals surface area contributed by atoms with Gasteiger partial charge in [-0.25, -0.2) is 0 Å². The normalized spacial score (nSPS) is 22.0. The van der Waals surface area contributed by atoms with Crippen LogP contribution in [0.1, 0.15) is 64.2 Å². The Kier molecular flexibility index (Phi) is 7.86. The van der Waals surface area contributed by atoms with Crippen LogP contribution in [0.3, 0.4) is 0 Å². The number of carbonyl (C=O) groups excluding carboxylic acids is 2. The zero-order valence-electron chi connectivity index (χ0n) is 14.4. The van der Waals surface area contributed by atoms with Crippen LogP contribution in [0, 0.1) is 5.92 Å². The molecule has 0 aromatic carbocycles. The third-order valence-corrected chi connectivity index (χ3v) is 5.11. The van der Waals surface area contributed by atoms with Gasteiger partial charge in [-0.15, -0.1) is 0 Å². The first-order chi connectivity index (χ1) is 11.2. The van der Waals surface area contributed by atoms with E-state index in [1.807, 2.05) is 4.90 Å². The van der Waals surface area contributed by atoms with Crippen LogP contribution >= 0.6 is 0 Å². The number of hydrogen-bond donors (Lipinski definition) is 0. The van der Waals surface area contributed by atoms with Gasteiger partial charge in [0.2, 0.25) is 5.91 Å². The minimum Gasteiger partial charge on any atom is -0.469 e. The molecule has 1 aliphatic heterocycles.